The van der Waals surface area contributed by atoms with Gasteiger partial charge < -0.3 is 25.3 Å². The molecule has 3 N–H and O–H groups in total. The number of rotatable bonds is 10. The normalized spacial score (nSPS) is 10.0. The first-order valence-corrected chi connectivity index (χ1v) is 8.65. The lowest BCUT2D eigenvalue weighted by Crippen LogP contribution is -2.32. The maximum absolute atomic E-state index is 11.9. The quantitative estimate of drug-likeness (QED) is 0.456. The van der Waals surface area contributed by atoms with Crippen molar-refractivity contribution in [3.63, 3.8) is 0 Å². The molecule has 0 aliphatic heterocycles. The van der Waals surface area contributed by atoms with Gasteiger partial charge in [-0.2, -0.15) is 0 Å². The van der Waals surface area contributed by atoms with Crippen molar-refractivity contribution in [2.45, 2.75) is 0 Å². The van der Waals surface area contributed by atoms with Crippen LogP contribution in [0.5, 0.6) is 11.5 Å². The number of halogens is 1. The summed E-state index contributed by atoms with van der Waals surface area (Å²) in [5.41, 5.74) is 5.22. The number of benzene rings is 2. The molecule has 9 heteroatoms. The Kier molecular flexibility index (Phi) is 8.11. The summed E-state index contributed by atoms with van der Waals surface area (Å²) in [6, 6.07) is 12.7. The lowest BCUT2D eigenvalue weighted by molar-refractivity contribution is -0.124. The molecule has 0 atom stereocenters. The zero-order valence-electron chi connectivity index (χ0n) is 14.9. The molecule has 0 aliphatic carbocycles. The molecule has 0 heterocycles. The molecule has 148 valence electrons. The number of amides is 2. The fourth-order valence-electron chi connectivity index (χ4n) is 2.00. The predicted octanol–water partition coefficient (Wildman–Crippen LogP) is 1.56. The molecule has 2 amide bonds. The number of primary amides is 1. The second-order valence-electron chi connectivity index (χ2n) is 5.51. The van der Waals surface area contributed by atoms with Gasteiger partial charge in [-0.25, -0.2) is 4.79 Å². The van der Waals surface area contributed by atoms with Gasteiger partial charge >= 0.3 is 5.97 Å². The minimum atomic E-state index is -0.658. The van der Waals surface area contributed by atoms with Crippen LogP contribution in [0, 0.1) is 0 Å². The molecule has 0 saturated carbocycles. The molecule has 0 fully saturated rings. The zero-order valence-corrected chi connectivity index (χ0v) is 15.6. The van der Waals surface area contributed by atoms with E-state index in [-0.39, 0.29) is 25.3 Å². The summed E-state index contributed by atoms with van der Waals surface area (Å²) < 4.78 is 15.4. The van der Waals surface area contributed by atoms with E-state index in [2.05, 4.69) is 5.32 Å². The van der Waals surface area contributed by atoms with E-state index in [0.29, 0.717) is 16.5 Å². The Morgan fingerprint density at radius 2 is 1.50 bits per heavy atom. The molecule has 0 unspecified atom stereocenters. The number of nitrogens with one attached hydrogen (secondary N) is 1. The zero-order chi connectivity index (χ0) is 20.4. The highest BCUT2D eigenvalue weighted by atomic mass is 35.5. The highest BCUT2D eigenvalue weighted by molar-refractivity contribution is 6.30. The fourth-order valence-corrected chi connectivity index (χ4v) is 2.12. The first-order chi connectivity index (χ1) is 13.4. The topological polar surface area (TPSA) is 117 Å². The molecule has 2 rings (SSSR count). The SMILES string of the molecule is NC(=O)COc1ccc(C(=O)OCC(=O)NCCOc2ccc(Cl)cc2)cc1. The van der Waals surface area contributed by atoms with E-state index in [4.69, 9.17) is 31.5 Å². The fraction of sp³-hybridized carbons (Fsp3) is 0.211. The molecular formula is C19H19ClN2O6. The second-order valence-corrected chi connectivity index (χ2v) is 5.94. The first-order valence-electron chi connectivity index (χ1n) is 8.27. The Morgan fingerprint density at radius 1 is 0.893 bits per heavy atom. The van der Waals surface area contributed by atoms with Crippen molar-refractivity contribution in [3.05, 3.63) is 59.1 Å². The Bertz CT molecular complexity index is 808. The van der Waals surface area contributed by atoms with E-state index in [9.17, 15) is 14.4 Å². The average molecular weight is 407 g/mol. The van der Waals surface area contributed by atoms with Crippen molar-refractivity contribution in [2.24, 2.45) is 5.73 Å². The molecule has 0 spiro atoms. The Hall–Kier alpha value is -3.26. The number of ether oxygens (including phenoxy) is 3. The summed E-state index contributed by atoms with van der Waals surface area (Å²) in [6.07, 6.45) is 0. The van der Waals surface area contributed by atoms with Gasteiger partial charge in [-0.05, 0) is 48.5 Å². The number of nitrogens with two attached hydrogens (primary N) is 1. The van der Waals surface area contributed by atoms with Crippen LogP contribution in [0.3, 0.4) is 0 Å². The van der Waals surface area contributed by atoms with Gasteiger partial charge in [0.05, 0.1) is 12.1 Å². The summed E-state index contributed by atoms with van der Waals surface area (Å²) in [6.45, 7) is -0.162. The summed E-state index contributed by atoms with van der Waals surface area (Å²) in [4.78, 5) is 34.3. The monoisotopic (exact) mass is 406 g/mol. The standard InChI is InChI=1S/C19H19ClN2O6/c20-14-3-7-15(8-4-14)26-10-9-22-18(24)12-28-19(25)13-1-5-16(6-2-13)27-11-17(21)23/h1-8H,9-12H2,(H2,21,23)(H,22,24). The summed E-state index contributed by atoms with van der Waals surface area (Å²) in [5, 5.41) is 3.18. The van der Waals surface area contributed by atoms with Crippen LogP contribution >= 0.6 is 11.6 Å². The summed E-state index contributed by atoms with van der Waals surface area (Å²) in [7, 11) is 0. The first kappa shape index (κ1) is 21.0. The molecule has 0 saturated heterocycles. The van der Waals surface area contributed by atoms with Crippen molar-refractivity contribution in [1.29, 1.82) is 0 Å². The molecule has 0 aromatic heterocycles. The maximum atomic E-state index is 11.9. The molecular weight excluding hydrogens is 388 g/mol. The third-order valence-electron chi connectivity index (χ3n) is 3.31. The van der Waals surface area contributed by atoms with Crippen LogP contribution in [0.4, 0.5) is 0 Å². The van der Waals surface area contributed by atoms with Gasteiger partial charge in [-0.3, -0.25) is 9.59 Å². The predicted molar refractivity (Wildman–Crippen MR) is 101 cm³/mol. The third-order valence-corrected chi connectivity index (χ3v) is 3.56. The molecule has 0 radical (unpaired) electrons. The summed E-state index contributed by atoms with van der Waals surface area (Å²) >= 11 is 5.78. The minimum Gasteiger partial charge on any atom is -0.492 e. The highest BCUT2D eigenvalue weighted by Crippen LogP contribution is 2.15. The second kappa shape index (κ2) is 10.8. The van der Waals surface area contributed by atoms with Gasteiger partial charge in [0.25, 0.3) is 11.8 Å². The number of carbonyl (C=O) groups is 3. The molecule has 0 bridgehead atoms. The maximum Gasteiger partial charge on any atom is 0.338 e. The van der Waals surface area contributed by atoms with E-state index in [1.807, 2.05) is 0 Å². The van der Waals surface area contributed by atoms with Crippen LogP contribution in [0.25, 0.3) is 0 Å². The van der Waals surface area contributed by atoms with Gasteiger partial charge in [-0.1, -0.05) is 11.6 Å². The Labute approximate surface area is 166 Å². The van der Waals surface area contributed by atoms with Crippen molar-refractivity contribution in [2.75, 3.05) is 26.4 Å². The van der Waals surface area contributed by atoms with Crippen molar-refractivity contribution in [1.82, 2.24) is 5.32 Å². The van der Waals surface area contributed by atoms with Crippen LogP contribution < -0.4 is 20.5 Å². The van der Waals surface area contributed by atoms with Crippen LogP contribution in [0.1, 0.15) is 10.4 Å². The Morgan fingerprint density at radius 3 is 2.14 bits per heavy atom. The van der Waals surface area contributed by atoms with Gasteiger partial charge in [0.1, 0.15) is 18.1 Å². The van der Waals surface area contributed by atoms with Gasteiger partial charge in [0.2, 0.25) is 0 Å². The molecule has 28 heavy (non-hydrogen) atoms. The van der Waals surface area contributed by atoms with E-state index in [1.165, 1.54) is 24.3 Å². The van der Waals surface area contributed by atoms with Crippen LogP contribution in [-0.2, 0) is 14.3 Å². The van der Waals surface area contributed by atoms with Crippen LogP contribution in [0.2, 0.25) is 5.02 Å². The van der Waals surface area contributed by atoms with Crippen molar-refractivity contribution < 1.29 is 28.6 Å². The lowest BCUT2D eigenvalue weighted by atomic mass is 10.2. The largest absolute Gasteiger partial charge is 0.492 e. The number of esters is 1. The number of hydrogen-bond acceptors (Lipinski definition) is 6. The van der Waals surface area contributed by atoms with Gasteiger partial charge in [-0.15, -0.1) is 0 Å². The minimum absolute atomic E-state index is 0.241. The van der Waals surface area contributed by atoms with Gasteiger partial charge in [0.15, 0.2) is 13.2 Å². The van der Waals surface area contributed by atoms with Crippen molar-refractivity contribution >= 4 is 29.4 Å². The van der Waals surface area contributed by atoms with Crippen LogP contribution in [-0.4, -0.2) is 44.1 Å². The Balaban J connectivity index is 1.65. The van der Waals surface area contributed by atoms with Crippen LogP contribution in [0.15, 0.2) is 48.5 Å². The van der Waals surface area contributed by atoms with E-state index in [0.717, 1.165) is 0 Å². The number of hydrogen-bond donors (Lipinski definition) is 2. The van der Waals surface area contributed by atoms with E-state index in [1.54, 1.807) is 24.3 Å². The molecule has 2 aromatic rings. The van der Waals surface area contributed by atoms with E-state index >= 15 is 0 Å². The molecule has 0 aliphatic rings. The van der Waals surface area contributed by atoms with Crippen molar-refractivity contribution in [3.8, 4) is 11.5 Å². The molecule has 8 nitrogen and oxygen atoms in total. The average Bonchev–Trinajstić information content (AvgIpc) is 2.69. The third kappa shape index (κ3) is 7.55. The summed E-state index contributed by atoms with van der Waals surface area (Å²) in [5.74, 6) is -0.696. The smallest absolute Gasteiger partial charge is 0.338 e. The van der Waals surface area contributed by atoms with Gasteiger partial charge in [0, 0.05) is 5.02 Å². The molecule has 2 aromatic carbocycles. The van der Waals surface area contributed by atoms with E-state index < -0.39 is 24.4 Å². The highest BCUT2D eigenvalue weighted by Gasteiger charge is 2.10. The lowest BCUT2D eigenvalue weighted by Gasteiger charge is -2.09. The number of carbonyl (C=O) groups excluding carboxylic acids is 3.